The van der Waals surface area contributed by atoms with Crippen molar-refractivity contribution in [1.29, 1.82) is 5.26 Å². The van der Waals surface area contributed by atoms with Crippen LogP contribution in [0.1, 0.15) is 24.3 Å². The standard InChI is InChI=1S/C18H15FN8O2/c1-8-10-5-9(19)3-4-11(10)24-18(28)25-16-14(13(6-20)27(2)26-16)12-7-22-15(21)17(23-12)29-8/h3-5,7-8H,1-2H3,(H2,21,22)(H2,24,25,26,28)/t8-/m1/s1. The molecular formula is C18H15FN8O2. The van der Waals surface area contributed by atoms with Gasteiger partial charge >= 0.3 is 6.03 Å². The van der Waals surface area contributed by atoms with Crippen LogP contribution in [0.15, 0.2) is 24.4 Å². The van der Waals surface area contributed by atoms with Crippen molar-refractivity contribution >= 4 is 23.4 Å². The van der Waals surface area contributed by atoms with Gasteiger partial charge in [-0.15, -0.1) is 0 Å². The van der Waals surface area contributed by atoms with Gasteiger partial charge in [-0.05, 0) is 25.1 Å². The van der Waals surface area contributed by atoms with Crippen LogP contribution in [0.5, 0.6) is 5.88 Å². The molecule has 10 nitrogen and oxygen atoms in total. The van der Waals surface area contributed by atoms with Crippen molar-refractivity contribution in [2.45, 2.75) is 13.0 Å². The van der Waals surface area contributed by atoms with Crippen LogP contribution in [0.4, 0.5) is 26.5 Å². The number of aryl methyl sites for hydroxylation is 1. The highest BCUT2D eigenvalue weighted by molar-refractivity contribution is 6.02. The maximum atomic E-state index is 13.8. The molecule has 29 heavy (non-hydrogen) atoms. The predicted molar refractivity (Wildman–Crippen MR) is 101 cm³/mol. The van der Waals surface area contributed by atoms with Gasteiger partial charge in [0.25, 0.3) is 5.88 Å². The molecule has 11 heteroatoms. The van der Waals surface area contributed by atoms with Crippen molar-refractivity contribution in [2.75, 3.05) is 16.4 Å². The number of benzene rings is 1. The number of carbonyl (C=O) groups excluding carboxylic acids is 1. The molecule has 0 radical (unpaired) electrons. The maximum absolute atomic E-state index is 13.8. The third-order valence-electron chi connectivity index (χ3n) is 4.40. The molecule has 2 bridgehead atoms. The molecule has 146 valence electrons. The summed E-state index contributed by atoms with van der Waals surface area (Å²) >= 11 is 0. The number of nitrogens with one attached hydrogen (secondary N) is 2. The number of hydrogen-bond acceptors (Lipinski definition) is 7. The zero-order valence-electron chi connectivity index (χ0n) is 15.4. The topological polar surface area (TPSA) is 144 Å². The number of hydrogen-bond donors (Lipinski definition) is 3. The molecule has 2 amide bonds. The van der Waals surface area contributed by atoms with E-state index in [4.69, 9.17) is 10.5 Å². The average molecular weight is 394 g/mol. The third-order valence-corrected chi connectivity index (χ3v) is 4.40. The summed E-state index contributed by atoms with van der Waals surface area (Å²) in [5.74, 6) is -0.358. The molecule has 1 aliphatic rings. The van der Waals surface area contributed by atoms with Gasteiger partial charge in [0.05, 0.1) is 17.5 Å². The van der Waals surface area contributed by atoms with Crippen molar-refractivity contribution in [2.24, 2.45) is 7.05 Å². The first-order valence-electron chi connectivity index (χ1n) is 8.51. The second-order valence-electron chi connectivity index (χ2n) is 6.32. The van der Waals surface area contributed by atoms with Crippen molar-refractivity contribution in [3.8, 4) is 23.2 Å². The van der Waals surface area contributed by atoms with E-state index in [2.05, 4.69) is 25.7 Å². The second-order valence-corrected chi connectivity index (χ2v) is 6.32. The van der Waals surface area contributed by atoms with Crippen molar-refractivity contribution in [3.05, 3.63) is 41.5 Å². The predicted octanol–water partition coefficient (Wildman–Crippen LogP) is 2.57. The summed E-state index contributed by atoms with van der Waals surface area (Å²) in [6, 6.07) is 5.29. The Morgan fingerprint density at radius 2 is 2.17 bits per heavy atom. The van der Waals surface area contributed by atoms with Gasteiger partial charge < -0.3 is 15.8 Å². The number of urea groups is 1. The van der Waals surface area contributed by atoms with Gasteiger partial charge in [-0.1, -0.05) is 0 Å². The highest BCUT2D eigenvalue weighted by Gasteiger charge is 2.25. The first-order valence-corrected chi connectivity index (χ1v) is 8.51. The van der Waals surface area contributed by atoms with Gasteiger partial charge in [-0.25, -0.2) is 19.2 Å². The molecule has 4 rings (SSSR count). The first-order chi connectivity index (χ1) is 13.9. The van der Waals surface area contributed by atoms with E-state index >= 15 is 0 Å². The SMILES string of the molecule is C[C@H]1Oc2nc(cnc2N)-c2c(nn(C)c2C#N)NC(=O)Nc2ccc(F)cc21. The molecule has 0 aliphatic carbocycles. The Hall–Kier alpha value is -4.20. The van der Waals surface area contributed by atoms with Gasteiger partial charge in [0.1, 0.15) is 23.7 Å². The largest absolute Gasteiger partial charge is 0.467 e. The van der Waals surface area contributed by atoms with Crippen LogP contribution in [0, 0.1) is 17.1 Å². The fourth-order valence-electron chi connectivity index (χ4n) is 3.05. The van der Waals surface area contributed by atoms with Crippen LogP contribution in [0.3, 0.4) is 0 Å². The second kappa shape index (κ2) is 6.75. The van der Waals surface area contributed by atoms with E-state index in [1.807, 2.05) is 6.07 Å². The molecule has 1 aromatic carbocycles. The fraction of sp³-hybridized carbons (Fsp3) is 0.167. The molecule has 0 spiro atoms. The van der Waals surface area contributed by atoms with Crippen LogP contribution in [-0.2, 0) is 7.05 Å². The lowest BCUT2D eigenvalue weighted by Crippen LogP contribution is -2.22. The minimum atomic E-state index is -0.712. The summed E-state index contributed by atoms with van der Waals surface area (Å²) in [7, 11) is 1.56. The number of nitrogens with two attached hydrogens (primary N) is 1. The molecule has 4 N–H and O–H groups in total. The number of anilines is 3. The molecule has 3 heterocycles. The molecule has 0 saturated heterocycles. The van der Waals surface area contributed by atoms with Crippen molar-refractivity contribution < 1.29 is 13.9 Å². The van der Waals surface area contributed by atoms with Gasteiger partial charge in [0.15, 0.2) is 11.6 Å². The summed E-state index contributed by atoms with van der Waals surface area (Å²) in [5.41, 5.74) is 7.29. The Morgan fingerprint density at radius 1 is 1.38 bits per heavy atom. The van der Waals surface area contributed by atoms with Crippen molar-refractivity contribution in [1.82, 2.24) is 19.7 Å². The molecule has 3 aromatic rings. The number of rotatable bonds is 0. The van der Waals surface area contributed by atoms with Crippen LogP contribution >= 0.6 is 0 Å². The normalized spacial score (nSPS) is 15.4. The smallest absolute Gasteiger partial charge is 0.324 e. The van der Waals surface area contributed by atoms with Crippen LogP contribution in [0.25, 0.3) is 11.3 Å². The average Bonchev–Trinajstić information content (AvgIpc) is 2.98. The molecule has 0 saturated carbocycles. The minimum Gasteiger partial charge on any atom is -0.467 e. The van der Waals surface area contributed by atoms with Gasteiger partial charge in [-0.2, -0.15) is 10.4 Å². The molecular weight excluding hydrogens is 379 g/mol. The fourth-order valence-corrected chi connectivity index (χ4v) is 3.05. The Labute approximate surface area is 164 Å². The van der Waals surface area contributed by atoms with Crippen LogP contribution in [-0.4, -0.2) is 25.8 Å². The van der Waals surface area contributed by atoms with E-state index in [9.17, 15) is 14.4 Å². The van der Waals surface area contributed by atoms with E-state index < -0.39 is 18.0 Å². The quantitative estimate of drug-likeness (QED) is 0.531. The molecule has 2 aromatic heterocycles. The maximum Gasteiger partial charge on any atom is 0.324 e. The Balaban J connectivity index is 1.94. The van der Waals surface area contributed by atoms with Crippen LogP contribution in [0.2, 0.25) is 0 Å². The molecule has 1 aliphatic heterocycles. The van der Waals surface area contributed by atoms with Gasteiger partial charge in [-0.3, -0.25) is 10.00 Å². The van der Waals surface area contributed by atoms with E-state index in [-0.39, 0.29) is 34.5 Å². The van der Waals surface area contributed by atoms with Crippen molar-refractivity contribution in [3.63, 3.8) is 0 Å². The zero-order valence-corrected chi connectivity index (χ0v) is 15.4. The number of aromatic nitrogens is 4. The number of nitrogen functional groups attached to an aromatic ring is 1. The number of carbonyl (C=O) groups is 1. The number of ether oxygens (including phenoxy) is 1. The molecule has 1 atom stereocenters. The summed E-state index contributed by atoms with van der Waals surface area (Å²) in [6.07, 6.45) is 0.642. The lowest BCUT2D eigenvalue weighted by atomic mass is 10.1. The molecule has 0 unspecified atom stereocenters. The number of halogens is 1. The summed E-state index contributed by atoms with van der Waals surface area (Å²) in [5, 5.41) is 19.0. The van der Waals surface area contributed by atoms with E-state index in [1.165, 1.54) is 29.1 Å². The first kappa shape index (κ1) is 18.2. The van der Waals surface area contributed by atoms with E-state index in [0.29, 0.717) is 11.3 Å². The van der Waals surface area contributed by atoms with Gasteiger partial charge in [0, 0.05) is 18.3 Å². The Kier molecular flexibility index (Phi) is 4.23. The minimum absolute atomic E-state index is 0.0100. The van der Waals surface area contributed by atoms with Gasteiger partial charge in [0.2, 0.25) is 0 Å². The Bertz CT molecular complexity index is 1180. The van der Waals surface area contributed by atoms with Crippen LogP contribution < -0.4 is 21.1 Å². The number of fused-ring (bicyclic) bond motifs is 5. The third kappa shape index (κ3) is 3.16. The summed E-state index contributed by atoms with van der Waals surface area (Å²) in [6.45, 7) is 1.66. The highest BCUT2D eigenvalue weighted by Crippen LogP contribution is 2.35. The monoisotopic (exact) mass is 394 g/mol. The number of amides is 2. The summed E-state index contributed by atoms with van der Waals surface area (Å²) in [4.78, 5) is 21.0. The lowest BCUT2D eigenvalue weighted by Gasteiger charge is -2.20. The van der Waals surface area contributed by atoms with E-state index in [1.54, 1.807) is 14.0 Å². The Morgan fingerprint density at radius 3 is 2.93 bits per heavy atom. The molecule has 0 fully saturated rings. The number of nitriles is 1. The lowest BCUT2D eigenvalue weighted by molar-refractivity contribution is 0.218. The zero-order chi connectivity index (χ0) is 20.7. The number of nitrogens with zero attached hydrogens (tertiary/aromatic N) is 5. The summed E-state index contributed by atoms with van der Waals surface area (Å²) < 4.78 is 21.0. The van der Waals surface area contributed by atoms with E-state index in [0.717, 1.165) is 0 Å². The highest BCUT2D eigenvalue weighted by atomic mass is 19.1.